The summed E-state index contributed by atoms with van der Waals surface area (Å²) in [6.45, 7) is 3.18. The first kappa shape index (κ1) is 16.9. The average molecular weight is 291 g/mol. The van der Waals surface area contributed by atoms with Gasteiger partial charge in [-0.3, -0.25) is 15.3 Å². The molecule has 6 heteroatoms. The third-order valence-electron chi connectivity index (χ3n) is 3.19. The van der Waals surface area contributed by atoms with E-state index in [-0.39, 0.29) is 12.0 Å². The molecule has 4 N–H and O–H groups in total. The molecule has 1 aromatic heterocycles. The highest BCUT2D eigenvalue weighted by atomic mass is 16.2. The van der Waals surface area contributed by atoms with Crippen molar-refractivity contribution in [1.29, 1.82) is 5.41 Å². The van der Waals surface area contributed by atoms with E-state index in [1.165, 1.54) is 4.90 Å². The lowest BCUT2D eigenvalue weighted by molar-refractivity contribution is 0.219. The van der Waals surface area contributed by atoms with Gasteiger partial charge in [-0.2, -0.15) is 0 Å². The second-order valence-electron chi connectivity index (χ2n) is 4.93. The molecular weight excluding hydrogens is 266 g/mol. The van der Waals surface area contributed by atoms with Crippen molar-refractivity contribution in [2.24, 2.45) is 5.73 Å². The number of amides is 2. The van der Waals surface area contributed by atoms with Crippen molar-refractivity contribution >= 4 is 12.0 Å². The number of rotatable bonds is 8. The van der Waals surface area contributed by atoms with Gasteiger partial charge in [-0.05, 0) is 37.0 Å². The number of nitrogens with one attached hydrogen (secondary N) is 2. The maximum absolute atomic E-state index is 12.0. The monoisotopic (exact) mass is 291 g/mol. The number of hydrogen-bond acceptors (Lipinski definition) is 3. The molecule has 0 aromatic carbocycles. The van der Waals surface area contributed by atoms with Gasteiger partial charge in [0.1, 0.15) is 0 Å². The fourth-order valence-corrected chi connectivity index (χ4v) is 1.99. The van der Waals surface area contributed by atoms with E-state index in [0.717, 1.165) is 37.7 Å². The summed E-state index contributed by atoms with van der Waals surface area (Å²) in [7, 11) is 0. The van der Waals surface area contributed by atoms with Crippen LogP contribution in [0.1, 0.15) is 38.2 Å². The molecule has 116 valence electrons. The number of carbonyl (C=O) groups is 1. The number of nitrogens with two attached hydrogens (primary N) is 1. The first-order chi connectivity index (χ1) is 10.1. The lowest BCUT2D eigenvalue weighted by Crippen LogP contribution is -2.47. The summed E-state index contributed by atoms with van der Waals surface area (Å²) in [5.74, 6) is -0.210. The van der Waals surface area contributed by atoms with Crippen molar-refractivity contribution in [2.75, 3.05) is 13.1 Å². The number of unbranched alkanes of at least 4 members (excludes halogenated alkanes) is 2. The van der Waals surface area contributed by atoms with Crippen LogP contribution in [0, 0.1) is 5.41 Å². The van der Waals surface area contributed by atoms with Crippen LogP contribution in [-0.4, -0.2) is 35.0 Å². The molecule has 1 rings (SSSR count). The SMILES string of the molecule is CCCCCNC(=O)N(CCCc1ccncc1)C(=N)N. The van der Waals surface area contributed by atoms with Gasteiger partial charge in [0.15, 0.2) is 5.96 Å². The van der Waals surface area contributed by atoms with Crippen LogP contribution in [0.5, 0.6) is 0 Å². The summed E-state index contributed by atoms with van der Waals surface area (Å²) in [5.41, 5.74) is 6.65. The van der Waals surface area contributed by atoms with E-state index in [4.69, 9.17) is 11.1 Å². The van der Waals surface area contributed by atoms with Gasteiger partial charge in [-0.25, -0.2) is 4.79 Å². The van der Waals surface area contributed by atoms with Crippen molar-refractivity contribution < 1.29 is 4.79 Å². The Hall–Kier alpha value is -2.11. The molecule has 6 nitrogen and oxygen atoms in total. The van der Waals surface area contributed by atoms with Crippen LogP contribution >= 0.6 is 0 Å². The summed E-state index contributed by atoms with van der Waals surface area (Å²) >= 11 is 0. The topological polar surface area (TPSA) is 95.1 Å². The van der Waals surface area contributed by atoms with Crippen LogP contribution in [0.2, 0.25) is 0 Å². The molecule has 0 fully saturated rings. The van der Waals surface area contributed by atoms with Gasteiger partial charge in [0, 0.05) is 25.5 Å². The fourth-order valence-electron chi connectivity index (χ4n) is 1.99. The zero-order valence-electron chi connectivity index (χ0n) is 12.6. The van der Waals surface area contributed by atoms with Crippen LogP contribution in [0.4, 0.5) is 4.79 Å². The normalized spacial score (nSPS) is 10.1. The van der Waals surface area contributed by atoms with Gasteiger partial charge in [0.05, 0.1) is 0 Å². The Balaban J connectivity index is 2.35. The van der Waals surface area contributed by atoms with Gasteiger partial charge in [-0.1, -0.05) is 19.8 Å². The van der Waals surface area contributed by atoms with E-state index in [0.29, 0.717) is 13.1 Å². The minimum absolute atomic E-state index is 0.210. The quantitative estimate of drug-likeness (QED) is 0.389. The summed E-state index contributed by atoms with van der Waals surface area (Å²) in [4.78, 5) is 17.2. The van der Waals surface area contributed by atoms with Crippen molar-refractivity contribution in [3.8, 4) is 0 Å². The van der Waals surface area contributed by atoms with E-state index >= 15 is 0 Å². The third-order valence-corrected chi connectivity index (χ3v) is 3.19. The molecule has 0 spiro atoms. The van der Waals surface area contributed by atoms with Crippen molar-refractivity contribution in [3.63, 3.8) is 0 Å². The van der Waals surface area contributed by atoms with E-state index in [2.05, 4.69) is 17.2 Å². The minimum atomic E-state index is -0.284. The molecular formula is C15H25N5O. The Morgan fingerprint density at radius 2 is 2.05 bits per heavy atom. The Kier molecular flexibility index (Phi) is 7.86. The standard InChI is InChI=1S/C15H25N5O/c1-2-3-4-9-19-15(21)20(14(16)17)12-5-6-13-7-10-18-11-8-13/h7-8,10-11H,2-6,9,12H2,1H3,(H3,16,17)(H,19,21). The average Bonchev–Trinajstić information content (AvgIpc) is 2.48. The first-order valence-electron chi connectivity index (χ1n) is 7.43. The van der Waals surface area contributed by atoms with Gasteiger partial charge in [-0.15, -0.1) is 0 Å². The van der Waals surface area contributed by atoms with E-state index < -0.39 is 0 Å². The number of aromatic nitrogens is 1. The number of hydrogen-bond donors (Lipinski definition) is 3. The Morgan fingerprint density at radius 3 is 2.67 bits per heavy atom. The zero-order valence-corrected chi connectivity index (χ0v) is 12.6. The molecule has 0 atom stereocenters. The number of guanidine groups is 1. The fraction of sp³-hybridized carbons (Fsp3) is 0.533. The number of pyridine rings is 1. The third kappa shape index (κ3) is 6.74. The van der Waals surface area contributed by atoms with Gasteiger partial charge >= 0.3 is 6.03 Å². The summed E-state index contributed by atoms with van der Waals surface area (Å²) < 4.78 is 0. The second-order valence-corrected chi connectivity index (χ2v) is 4.93. The molecule has 1 aromatic rings. The second kappa shape index (κ2) is 9.74. The van der Waals surface area contributed by atoms with E-state index in [1.54, 1.807) is 12.4 Å². The van der Waals surface area contributed by atoms with Crippen molar-refractivity contribution in [1.82, 2.24) is 15.2 Å². The number of aryl methyl sites for hydroxylation is 1. The highest BCUT2D eigenvalue weighted by molar-refractivity contribution is 5.93. The van der Waals surface area contributed by atoms with E-state index in [1.807, 2.05) is 12.1 Å². The largest absolute Gasteiger partial charge is 0.370 e. The number of carbonyl (C=O) groups excluding carboxylic acids is 1. The van der Waals surface area contributed by atoms with Crippen LogP contribution in [-0.2, 0) is 6.42 Å². The predicted octanol–water partition coefficient (Wildman–Crippen LogP) is 2.11. The summed E-state index contributed by atoms with van der Waals surface area (Å²) in [6.07, 6.45) is 8.23. The predicted molar refractivity (Wildman–Crippen MR) is 84.1 cm³/mol. The molecule has 0 unspecified atom stereocenters. The summed E-state index contributed by atoms with van der Waals surface area (Å²) in [5, 5.41) is 10.3. The van der Waals surface area contributed by atoms with Crippen LogP contribution in [0.3, 0.4) is 0 Å². The molecule has 0 aliphatic heterocycles. The molecule has 0 bridgehead atoms. The molecule has 21 heavy (non-hydrogen) atoms. The summed E-state index contributed by atoms with van der Waals surface area (Å²) in [6, 6.07) is 3.61. The van der Waals surface area contributed by atoms with Crippen LogP contribution in [0.15, 0.2) is 24.5 Å². The highest BCUT2D eigenvalue weighted by Crippen LogP contribution is 2.03. The maximum Gasteiger partial charge on any atom is 0.324 e. The Morgan fingerprint density at radius 1 is 1.33 bits per heavy atom. The van der Waals surface area contributed by atoms with Gasteiger partial charge in [0.2, 0.25) is 0 Å². The van der Waals surface area contributed by atoms with Crippen molar-refractivity contribution in [3.05, 3.63) is 30.1 Å². The maximum atomic E-state index is 12.0. The lowest BCUT2D eigenvalue weighted by atomic mass is 10.1. The van der Waals surface area contributed by atoms with E-state index in [9.17, 15) is 4.79 Å². The first-order valence-corrected chi connectivity index (χ1v) is 7.43. The Labute approximate surface area is 126 Å². The van der Waals surface area contributed by atoms with Gasteiger partial charge < -0.3 is 11.1 Å². The molecule has 0 aliphatic carbocycles. The molecule has 0 saturated heterocycles. The molecule has 0 saturated carbocycles. The van der Waals surface area contributed by atoms with Gasteiger partial charge in [0.25, 0.3) is 0 Å². The molecule has 0 radical (unpaired) electrons. The minimum Gasteiger partial charge on any atom is -0.370 e. The number of urea groups is 1. The smallest absolute Gasteiger partial charge is 0.324 e. The lowest BCUT2D eigenvalue weighted by Gasteiger charge is -2.21. The van der Waals surface area contributed by atoms with Crippen LogP contribution in [0.25, 0.3) is 0 Å². The zero-order chi connectivity index (χ0) is 15.5. The highest BCUT2D eigenvalue weighted by Gasteiger charge is 2.15. The molecule has 1 heterocycles. The molecule has 2 amide bonds. The molecule has 0 aliphatic rings. The number of nitrogens with zero attached hydrogens (tertiary/aromatic N) is 2. The Bertz CT molecular complexity index is 435. The van der Waals surface area contributed by atoms with Crippen LogP contribution < -0.4 is 11.1 Å². The van der Waals surface area contributed by atoms with Crippen molar-refractivity contribution in [2.45, 2.75) is 39.0 Å².